The number of aryl methyl sites for hydroxylation is 2. The Morgan fingerprint density at radius 2 is 1.78 bits per heavy atom. The van der Waals surface area contributed by atoms with Gasteiger partial charge in [-0.25, -0.2) is 4.98 Å². The summed E-state index contributed by atoms with van der Waals surface area (Å²) < 4.78 is 5.89. The highest BCUT2D eigenvalue weighted by atomic mass is 35.5. The zero-order chi connectivity index (χ0) is 19.0. The Bertz CT molecular complexity index is 1150. The van der Waals surface area contributed by atoms with Crippen molar-refractivity contribution in [3.05, 3.63) is 82.4 Å². The van der Waals surface area contributed by atoms with Gasteiger partial charge >= 0.3 is 0 Å². The normalized spacial score (nSPS) is 10.9. The van der Waals surface area contributed by atoms with E-state index in [0.29, 0.717) is 22.2 Å². The predicted octanol–water partition coefficient (Wildman–Crippen LogP) is 6.02. The lowest BCUT2D eigenvalue weighted by atomic mass is 10.1. The second-order valence-electron chi connectivity index (χ2n) is 6.48. The Labute approximate surface area is 161 Å². The van der Waals surface area contributed by atoms with Crippen LogP contribution in [0, 0.1) is 13.8 Å². The number of rotatable bonds is 3. The monoisotopic (exact) mass is 376 g/mol. The minimum Gasteiger partial charge on any atom is -0.436 e. The molecule has 134 valence electrons. The molecule has 0 saturated heterocycles. The Morgan fingerprint density at radius 3 is 2.56 bits per heavy atom. The molecule has 5 heteroatoms. The zero-order valence-electron chi connectivity index (χ0n) is 14.9. The molecule has 1 aromatic heterocycles. The van der Waals surface area contributed by atoms with Crippen molar-refractivity contribution in [2.24, 2.45) is 0 Å². The first-order chi connectivity index (χ1) is 13.0. The second-order valence-corrected chi connectivity index (χ2v) is 6.92. The van der Waals surface area contributed by atoms with Crippen LogP contribution in [0.15, 0.2) is 65.1 Å². The van der Waals surface area contributed by atoms with E-state index in [9.17, 15) is 4.79 Å². The molecule has 0 unspecified atom stereocenters. The number of halogens is 1. The van der Waals surface area contributed by atoms with Crippen LogP contribution >= 0.6 is 11.6 Å². The first kappa shape index (κ1) is 17.3. The second kappa shape index (κ2) is 6.89. The van der Waals surface area contributed by atoms with Crippen molar-refractivity contribution >= 4 is 34.3 Å². The number of fused-ring (bicyclic) bond motifs is 1. The molecule has 1 heterocycles. The van der Waals surface area contributed by atoms with Gasteiger partial charge in [0.1, 0.15) is 5.52 Å². The van der Waals surface area contributed by atoms with E-state index in [1.807, 2.05) is 50.2 Å². The number of nitrogens with one attached hydrogen (secondary N) is 1. The Morgan fingerprint density at radius 1 is 1.00 bits per heavy atom. The maximum absolute atomic E-state index is 12.5. The van der Waals surface area contributed by atoms with Crippen molar-refractivity contribution in [3.63, 3.8) is 0 Å². The molecular formula is C22H17ClN2O2. The van der Waals surface area contributed by atoms with Gasteiger partial charge in [0, 0.05) is 21.8 Å². The van der Waals surface area contributed by atoms with Gasteiger partial charge < -0.3 is 9.73 Å². The van der Waals surface area contributed by atoms with E-state index < -0.39 is 0 Å². The summed E-state index contributed by atoms with van der Waals surface area (Å²) in [6.45, 7) is 3.95. The van der Waals surface area contributed by atoms with E-state index in [0.717, 1.165) is 27.8 Å². The van der Waals surface area contributed by atoms with Crippen LogP contribution in [0.3, 0.4) is 0 Å². The molecule has 27 heavy (non-hydrogen) atoms. The fraction of sp³-hybridized carbons (Fsp3) is 0.0909. The Kier molecular flexibility index (Phi) is 4.42. The van der Waals surface area contributed by atoms with Crippen molar-refractivity contribution < 1.29 is 9.21 Å². The van der Waals surface area contributed by atoms with Crippen LogP contribution < -0.4 is 5.32 Å². The molecule has 3 aromatic carbocycles. The average molecular weight is 377 g/mol. The number of hydrogen-bond acceptors (Lipinski definition) is 3. The number of carbonyl (C=O) groups is 1. The number of oxazole rings is 1. The number of aromatic nitrogens is 1. The van der Waals surface area contributed by atoms with Gasteiger partial charge in [0.15, 0.2) is 5.58 Å². The first-order valence-corrected chi connectivity index (χ1v) is 8.92. The number of anilines is 1. The molecular weight excluding hydrogens is 360 g/mol. The molecule has 0 aliphatic heterocycles. The summed E-state index contributed by atoms with van der Waals surface area (Å²) in [5.74, 6) is 0.331. The molecule has 1 N–H and O–H groups in total. The maximum Gasteiger partial charge on any atom is 0.255 e. The van der Waals surface area contributed by atoms with Crippen molar-refractivity contribution in [2.45, 2.75) is 13.8 Å². The molecule has 4 rings (SSSR count). The number of benzene rings is 3. The number of nitrogens with zero attached hydrogens (tertiary/aromatic N) is 1. The van der Waals surface area contributed by atoms with Crippen LogP contribution in [-0.4, -0.2) is 10.9 Å². The lowest BCUT2D eigenvalue weighted by Gasteiger charge is -2.10. The summed E-state index contributed by atoms with van der Waals surface area (Å²) in [5, 5.41) is 3.54. The number of hydrogen-bond donors (Lipinski definition) is 1. The van der Waals surface area contributed by atoms with E-state index in [2.05, 4.69) is 10.3 Å². The minimum atomic E-state index is -0.194. The molecule has 0 spiro atoms. The highest BCUT2D eigenvalue weighted by Crippen LogP contribution is 2.28. The molecule has 4 nitrogen and oxygen atoms in total. The molecule has 1 amide bonds. The fourth-order valence-corrected chi connectivity index (χ4v) is 2.97. The van der Waals surface area contributed by atoms with Gasteiger partial charge in [-0.1, -0.05) is 23.7 Å². The van der Waals surface area contributed by atoms with Gasteiger partial charge in [-0.05, 0) is 73.5 Å². The number of carbonyl (C=O) groups excluding carboxylic acids is 1. The highest BCUT2D eigenvalue weighted by molar-refractivity contribution is 6.30. The summed E-state index contributed by atoms with van der Waals surface area (Å²) in [4.78, 5) is 17.1. The molecule has 0 aliphatic rings. The van der Waals surface area contributed by atoms with Crippen molar-refractivity contribution in [3.8, 4) is 11.5 Å². The molecule has 0 radical (unpaired) electrons. The molecule has 4 aromatic rings. The van der Waals surface area contributed by atoms with Crippen LogP contribution in [0.4, 0.5) is 5.69 Å². The van der Waals surface area contributed by atoms with Gasteiger partial charge in [0.05, 0.1) is 0 Å². The highest BCUT2D eigenvalue weighted by Gasteiger charge is 2.12. The van der Waals surface area contributed by atoms with E-state index in [1.54, 1.807) is 24.3 Å². The maximum atomic E-state index is 12.5. The average Bonchev–Trinajstić information content (AvgIpc) is 3.07. The van der Waals surface area contributed by atoms with Crippen LogP contribution in [0.2, 0.25) is 5.02 Å². The molecule has 0 aliphatic carbocycles. The lowest BCUT2D eigenvalue weighted by molar-refractivity contribution is 0.102. The van der Waals surface area contributed by atoms with Crippen LogP contribution in [0.25, 0.3) is 22.6 Å². The summed E-state index contributed by atoms with van der Waals surface area (Å²) in [6.07, 6.45) is 0. The van der Waals surface area contributed by atoms with E-state index in [1.165, 1.54) is 0 Å². The van der Waals surface area contributed by atoms with Gasteiger partial charge in [-0.3, -0.25) is 4.79 Å². The van der Waals surface area contributed by atoms with Crippen LogP contribution in [0.1, 0.15) is 21.5 Å². The first-order valence-electron chi connectivity index (χ1n) is 8.55. The topological polar surface area (TPSA) is 55.1 Å². The fourth-order valence-electron chi connectivity index (χ4n) is 2.84. The Balaban J connectivity index is 1.66. The third kappa shape index (κ3) is 3.57. The van der Waals surface area contributed by atoms with E-state index >= 15 is 0 Å². The summed E-state index contributed by atoms with van der Waals surface area (Å²) >= 11 is 5.88. The Hall–Kier alpha value is -3.11. The largest absolute Gasteiger partial charge is 0.436 e. The van der Waals surface area contributed by atoms with E-state index in [-0.39, 0.29) is 5.91 Å². The predicted molar refractivity (Wildman–Crippen MR) is 108 cm³/mol. The lowest BCUT2D eigenvalue weighted by Crippen LogP contribution is -2.12. The SMILES string of the molecule is Cc1ccc2nc(-c3ccc(C)c(NC(=O)c4ccc(Cl)cc4)c3)oc2c1. The summed E-state index contributed by atoms with van der Waals surface area (Å²) in [5.41, 5.74) is 5.69. The smallest absolute Gasteiger partial charge is 0.255 e. The van der Waals surface area contributed by atoms with Crippen molar-refractivity contribution in [2.75, 3.05) is 5.32 Å². The summed E-state index contributed by atoms with van der Waals surface area (Å²) in [7, 11) is 0. The van der Waals surface area contributed by atoms with Gasteiger partial charge in [-0.2, -0.15) is 0 Å². The standard InChI is InChI=1S/C22H17ClN2O2/c1-13-3-10-18-20(11-13)27-22(25-18)16-5-4-14(2)19(12-16)24-21(26)15-6-8-17(23)9-7-15/h3-12H,1-2H3,(H,24,26). The molecule has 0 saturated carbocycles. The number of amides is 1. The minimum absolute atomic E-state index is 0.194. The van der Waals surface area contributed by atoms with Crippen LogP contribution in [0.5, 0.6) is 0 Å². The van der Waals surface area contributed by atoms with E-state index in [4.69, 9.17) is 16.0 Å². The molecule has 0 atom stereocenters. The quantitative estimate of drug-likeness (QED) is 0.475. The van der Waals surface area contributed by atoms with Crippen molar-refractivity contribution in [1.29, 1.82) is 0 Å². The van der Waals surface area contributed by atoms with Crippen LogP contribution in [-0.2, 0) is 0 Å². The third-order valence-corrected chi connectivity index (χ3v) is 4.64. The zero-order valence-corrected chi connectivity index (χ0v) is 15.7. The van der Waals surface area contributed by atoms with Gasteiger partial charge in [0.2, 0.25) is 5.89 Å². The molecule has 0 bridgehead atoms. The summed E-state index contributed by atoms with van der Waals surface area (Å²) in [6, 6.07) is 18.4. The van der Waals surface area contributed by atoms with Gasteiger partial charge in [-0.15, -0.1) is 0 Å². The third-order valence-electron chi connectivity index (χ3n) is 4.38. The molecule has 0 fully saturated rings. The van der Waals surface area contributed by atoms with Crippen molar-refractivity contribution in [1.82, 2.24) is 4.98 Å². The van der Waals surface area contributed by atoms with Gasteiger partial charge in [0.25, 0.3) is 5.91 Å².